The molecule has 0 fully saturated rings. The van der Waals surface area contributed by atoms with E-state index in [-0.39, 0.29) is 11.9 Å². The molecule has 1 nitrogen and oxygen atoms in total. The third-order valence-corrected chi connectivity index (χ3v) is 3.67. The van der Waals surface area contributed by atoms with Crippen LogP contribution in [0.25, 0.3) is 0 Å². The molecule has 0 amide bonds. The minimum Gasteiger partial charge on any atom is -0.313 e. The summed E-state index contributed by atoms with van der Waals surface area (Å²) in [4.78, 5) is 0. The minimum absolute atomic E-state index is 0.0525. The number of likely N-dealkylation sites (N-methyl/N-ethyl adjacent to an activating group) is 1. The Morgan fingerprint density at radius 3 is 2.88 bits per heavy atom. The van der Waals surface area contributed by atoms with Gasteiger partial charge in [-0.1, -0.05) is 11.6 Å². The molecule has 0 radical (unpaired) electrons. The van der Waals surface area contributed by atoms with Gasteiger partial charge in [0.1, 0.15) is 5.82 Å². The zero-order valence-electron chi connectivity index (χ0n) is 9.41. The molecule has 2 aromatic rings. The summed E-state index contributed by atoms with van der Waals surface area (Å²) in [5, 5.41) is 7.79. The van der Waals surface area contributed by atoms with Gasteiger partial charge in [-0.25, -0.2) is 4.39 Å². The highest BCUT2D eigenvalue weighted by molar-refractivity contribution is 7.07. The molecule has 0 bridgehead atoms. The van der Waals surface area contributed by atoms with E-state index in [1.807, 2.05) is 12.4 Å². The van der Waals surface area contributed by atoms with Crippen LogP contribution in [0.15, 0.2) is 35.0 Å². The molecule has 1 heterocycles. The highest BCUT2D eigenvalue weighted by Gasteiger charge is 2.15. The van der Waals surface area contributed by atoms with E-state index in [2.05, 4.69) is 16.8 Å². The lowest BCUT2D eigenvalue weighted by atomic mass is 10.0. The molecule has 0 saturated carbocycles. The van der Waals surface area contributed by atoms with Crippen LogP contribution in [0.4, 0.5) is 4.39 Å². The molecule has 0 aliphatic carbocycles. The van der Waals surface area contributed by atoms with E-state index < -0.39 is 0 Å². The van der Waals surface area contributed by atoms with Crippen LogP contribution in [0.3, 0.4) is 0 Å². The number of benzene rings is 1. The highest BCUT2D eigenvalue weighted by atomic mass is 35.5. The molecular formula is C13H13ClFNS. The first kappa shape index (κ1) is 12.6. The molecule has 4 heteroatoms. The Morgan fingerprint density at radius 2 is 2.24 bits per heavy atom. The van der Waals surface area contributed by atoms with Crippen LogP contribution in [0.2, 0.25) is 5.02 Å². The summed E-state index contributed by atoms with van der Waals surface area (Å²) in [6.07, 6.45) is 0.761. The van der Waals surface area contributed by atoms with E-state index in [0.29, 0.717) is 10.6 Å². The topological polar surface area (TPSA) is 12.0 Å². The molecule has 1 atom stereocenters. The van der Waals surface area contributed by atoms with Crippen molar-refractivity contribution in [3.63, 3.8) is 0 Å². The summed E-state index contributed by atoms with van der Waals surface area (Å²) in [6, 6.07) is 6.66. The van der Waals surface area contributed by atoms with Crippen LogP contribution in [-0.2, 0) is 6.42 Å². The van der Waals surface area contributed by atoms with Crippen LogP contribution in [0.1, 0.15) is 17.2 Å². The van der Waals surface area contributed by atoms with E-state index in [4.69, 9.17) is 11.6 Å². The average Bonchev–Trinajstić information content (AvgIpc) is 2.82. The molecule has 0 spiro atoms. The largest absolute Gasteiger partial charge is 0.313 e. The predicted octanol–water partition coefficient (Wildman–Crippen LogP) is 4.04. The lowest BCUT2D eigenvalue weighted by molar-refractivity contribution is 0.534. The molecule has 0 aliphatic rings. The van der Waals surface area contributed by atoms with Gasteiger partial charge in [0.05, 0.1) is 0 Å². The van der Waals surface area contributed by atoms with Gasteiger partial charge in [-0.15, -0.1) is 0 Å². The van der Waals surface area contributed by atoms with Gasteiger partial charge in [-0.05, 0) is 54.1 Å². The van der Waals surface area contributed by atoms with E-state index in [9.17, 15) is 4.39 Å². The number of hydrogen-bond acceptors (Lipinski definition) is 2. The molecule has 1 N–H and O–H groups in total. The van der Waals surface area contributed by atoms with E-state index in [1.54, 1.807) is 23.5 Å². The van der Waals surface area contributed by atoms with Crippen LogP contribution >= 0.6 is 22.9 Å². The molecule has 1 aromatic heterocycles. The Bertz CT molecular complexity index is 484. The molecule has 0 aliphatic heterocycles. The van der Waals surface area contributed by atoms with E-state index >= 15 is 0 Å². The highest BCUT2D eigenvalue weighted by Crippen LogP contribution is 2.24. The fourth-order valence-electron chi connectivity index (χ4n) is 1.79. The Hall–Kier alpha value is -0.900. The summed E-state index contributed by atoms with van der Waals surface area (Å²) in [7, 11) is 1.83. The molecule has 17 heavy (non-hydrogen) atoms. The van der Waals surface area contributed by atoms with Gasteiger partial charge in [-0.3, -0.25) is 0 Å². The van der Waals surface area contributed by atoms with Crippen molar-refractivity contribution in [2.24, 2.45) is 0 Å². The van der Waals surface area contributed by atoms with Crippen molar-refractivity contribution in [3.05, 3.63) is 57.0 Å². The quantitative estimate of drug-likeness (QED) is 0.883. The first-order valence-corrected chi connectivity index (χ1v) is 6.66. The van der Waals surface area contributed by atoms with Crippen LogP contribution < -0.4 is 5.32 Å². The van der Waals surface area contributed by atoms with Gasteiger partial charge in [0.25, 0.3) is 0 Å². The van der Waals surface area contributed by atoms with Gasteiger partial charge in [-0.2, -0.15) is 11.3 Å². The van der Waals surface area contributed by atoms with Crippen molar-refractivity contribution in [1.82, 2.24) is 5.32 Å². The zero-order valence-corrected chi connectivity index (χ0v) is 11.0. The molecular weight excluding hydrogens is 257 g/mol. The Morgan fingerprint density at radius 1 is 1.41 bits per heavy atom. The van der Waals surface area contributed by atoms with Crippen LogP contribution in [-0.4, -0.2) is 7.05 Å². The third kappa shape index (κ3) is 3.06. The van der Waals surface area contributed by atoms with Crippen molar-refractivity contribution >= 4 is 22.9 Å². The maximum absolute atomic E-state index is 13.7. The standard InChI is InChI=1S/C13H13ClFNS/c1-16-13(6-9-4-5-17-8-9)11-7-10(14)2-3-12(11)15/h2-5,7-8,13,16H,6H2,1H3. The predicted molar refractivity (Wildman–Crippen MR) is 71.2 cm³/mol. The average molecular weight is 270 g/mol. The maximum Gasteiger partial charge on any atom is 0.128 e. The van der Waals surface area contributed by atoms with Crippen molar-refractivity contribution in [1.29, 1.82) is 0 Å². The Balaban J connectivity index is 2.25. The first-order chi connectivity index (χ1) is 8.20. The van der Waals surface area contributed by atoms with Gasteiger partial charge in [0, 0.05) is 16.6 Å². The van der Waals surface area contributed by atoms with Crippen molar-refractivity contribution in [3.8, 4) is 0 Å². The molecule has 1 aromatic carbocycles. The fourth-order valence-corrected chi connectivity index (χ4v) is 2.66. The second-order valence-electron chi connectivity index (χ2n) is 3.84. The number of hydrogen-bond donors (Lipinski definition) is 1. The van der Waals surface area contributed by atoms with Crippen LogP contribution in [0.5, 0.6) is 0 Å². The summed E-state index contributed by atoms with van der Waals surface area (Å²) in [5.41, 5.74) is 1.82. The fraction of sp³-hybridized carbons (Fsp3) is 0.231. The normalized spacial score (nSPS) is 12.6. The van der Waals surface area contributed by atoms with Gasteiger partial charge in [0.2, 0.25) is 0 Å². The number of halogens is 2. The lowest BCUT2D eigenvalue weighted by Gasteiger charge is -2.17. The van der Waals surface area contributed by atoms with Gasteiger partial charge < -0.3 is 5.32 Å². The van der Waals surface area contributed by atoms with E-state index in [0.717, 1.165) is 6.42 Å². The third-order valence-electron chi connectivity index (χ3n) is 2.70. The Labute approximate surface area is 109 Å². The number of thiophene rings is 1. The molecule has 0 saturated heterocycles. The maximum atomic E-state index is 13.7. The summed E-state index contributed by atoms with van der Waals surface area (Å²) < 4.78 is 13.7. The first-order valence-electron chi connectivity index (χ1n) is 5.34. The zero-order chi connectivity index (χ0) is 12.3. The van der Waals surface area contributed by atoms with Crippen molar-refractivity contribution < 1.29 is 4.39 Å². The Kier molecular flexibility index (Phi) is 4.15. The van der Waals surface area contributed by atoms with Gasteiger partial charge >= 0.3 is 0 Å². The summed E-state index contributed by atoms with van der Waals surface area (Å²) >= 11 is 7.55. The monoisotopic (exact) mass is 269 g/mol. The summed E-state index contributed by atoms with van der Waals surface area (Å²) in [5.74, 6) is -0.219. The second-order valence-corrected chi connectivity index (χ2v) is 5.06. The van der Waals surface area contributed by atoms with E-state index in [1.165, 1.54) is 11.6 Å². The number of rotatable bonds is 4. The summed E-state index contributed by atoms with van der Waals surface area (Å²) in [6.45, 7) is 0. The SMILES string of the molecule is CNC(Cc1ccsc1)c1cc(Cl)ccc1F. The smallest absolute Gasteiger partial charge is 0.128 e. The van der Waals surface area contributed by atoms with Gasteiger partial charge in [0.15, 0.2) is 0 Å². The molecule has 90 valence electrons. The van der Waals surface area contributed by atoms with Crippen LogP contribution in [0, 0.1) is 5.82 Å². The minimum atomic E-state index is -0.219. The number of nitrogens with one attached hydrogen (secondary N) is 1. The van der Waals surface area contributed by atoms with Crippen molar-refractivity contribution in [2.45, 2.75) is 12.5 Å². The molecule has 1 unspecified atom stereocenters. The lowest BCUT2D eigenvalue weighted by Crippen LogP contribution is -2.19. The molecule has 2 rings (SSSR count). The second kappa shape index (κ2) is 5.63. The van der Waals surface area contributed by atoms with Crippen molar-refractivity contribution in [2.75, 3.05) is 7.05 Å².